The third-order valence-corrected chi connectivity index (χ3v) is 3.99. The third kappa shape index (κ3) is 4.53. The number of anilines is 1. The normalized spacial score (nSPS) is 16.1. The maximum atomic E-state index is 11.9. The van der Waals surface area contributed by atoms with Crippen molar-refractivity contribution < 1.29 is 9.59 Å². The van der Waals surface area contributed by atoms with Crippen molar-refractivity contribution in [2.75, 3.05) is 38.1 Å². The fourth-order valence-corrected chi connectivity index (χ4v) is 2.77. The number of hydrogen-bond acceptors (Lipinski definition) is 5. The van der Waals surface area contributed by atoms with Crippen LogP contribution in [0.25, 0.3) is 0 Å². The second-order valence-corrected chi connectivity index (χ2v) is 5.55. The Kier molecular flexibility index (Phi) is 6.33. The highest BCUT2D eigenvalue weighted by molar-refractivity contribution is 5.79. The van der Waals surface area contributed by atoms with Crippen LogP contribution < -0.4 is 15.5 Å². The Balaban J connectivity index is 2.06. The van der Waals surface area contributed by atoms with Gasteiger partial charge in [0, 0.05) is 51.8 Å². The summed E-state index contributed by atoms with van der Waals surface area (Å²) >= 11 is 0. The van der Waals surface area contributed by atoms with Crippen molar-refractivity contribution in [2.45, 2.75) is 19.3 Å². The number of aromatic nitrogens is 1. The van der Waals surface area contributed by atoms with E-state index in [1.54, 1.807) is 7.05 Å². The Morgan fingerprint density at radius 1 is 1.45 bits per heavy atom. The zero-order chi connectivity index (χ0) is 15.8. The predicted molar refractivity (Wildman–Crippen MR) is 85.9 cm³/mol. The van der Waals surface area contributed by atoms with Crippen LogP contribution in [-0.4, -0.2) is 50.4 Å². The number of rotatable bonds is 7. The summed E-state index contributed by atoms with van der Waals surface area (Å²) in [5.41, 5.74) is 2.14. The van der Waals surface area contributed by atoms with Crippen LogP contribution in [0.4, 0.5) is 5.69 Å². The lowest BCUT2D eigenvalue weighted by atomic mass is 9.94. The molecular weight excluding hydrogens is 280 g/mol. The van der Waals surface area contributed by atoms with Crippen molar-refractivity contribution in [2.24, 2.45) is 5.92 Å². The topological polar surface area (TPSA) is 74.3 Å². The van der Waals surface area contributed by atoms with Gasteiger partial charge in [0.25, 0.3) is 0 Å². The molecule has 1 aromatic heterocycles. The monoisotopic (exact) mass is 304 g/mol. The van der Waals surface area contributed by atoms with Gasteiger partial charge in [0.15, 0.2) is 0 Å². The van der Waals surface area contributed by atoms with Crippen LogP contribution in [0.15, 0.2) is 18.5 Å². The van der Waals surface area contributed by atoms with E-state index < -0.39 is 0 Å². The second-order valence-electron chi connectivity index (χ2n) is 5.55. The van der Waals surface area contributed by atoms with E-state index >= 15 is 0 Å². The molecule has 0 aliphatic carbocycles. The largest absolute Gasteiger partial charge is 0.368 e. The first-order valence-corrected chi connectivity index (χ1v) is 7.79. The number of pyridine rings is 1. The van der Waals surface area contributed by atoms with Crippen LogP contribution >= 0.6 is 0 Å². The zero-order valence-corrected chi connectivity index (χ0v) is 13.0. The van der Waals surface area contributed by atoms with Gasteiger partial charge in [-0.05, 0) is 24.5 Å². The van der Waals surface area contributed by atoms with E-state index in [0.717, 1.165) is 43.7 Å². The van der Waals surface area contributed by atoms with Gasteiger partial charge in [-0.25, -0.2) is 0 Å². The van der Waals surface area contributed by atoms with Crippen molar-refractivity contribution >= 4 is 17.9 Å². The summed E-state index contributed by atoms with van der Waals surface area (Å²) in [7, 11) is 1.63. The van der Waals surface area contributed by atoms with Crippen LogP contribution in [0.5, 0.6) is 0 Å². The molecule has 0 radical (unpaired) electrons. The minimum absolute atomic E-state index is 0.0191. The van der Waals surface area contributed by atoms with E-state index in [0.29, 0.717) is 19.3 Å². The summed E-state index contributed by atoms with van der Waals surface area (Å²) in [6, 6.07) is 2.11. The molecule has 1 atom stereocenters. The first kappa shape index (κ1) is 16.4. The molecule has 0 saturated carbocycles. The van der Waals surface area contributed by atoms with Crippen molar-refractivity contribution in [3.05, 3.63) is 24.0 Å². The van der Waals surface area contributed by atoms with Gasteiger partial charge in [-0.1, -0.05) is 0 Å². The second kappa shape index (κ2) is 8.48. The number of carbonyl (C=O) groups excluding carboxylic acids is 2. The van der Waals surface area contributed by atoms with Crippen LogP contribution in [0.2, 0.25) is 0 Å². The Bertz CT molecular complexity index is 501. The maximum Gasteiger partial charge on any atom is 0.223 e. The summed E-state index contributed by atoms with van der Waals surface area (Å²) in [6.07, 6.45) is 6.13. The van der Waals surface area contributed by atoms with Crippen molar-refractivity contribution in [3.8, 4) is 0 Å². The average Bonchev–Trinajstić information content (AvgIpc) is 2.59. The number of hydrogen-bond donors (Lipinski definition) is 2. The highest BCUT2D eigenvalue weighted by Crippen LogP contribution is 2.19. The van der Waals surface area contributed by atoms with Gasteiger partial charge in [0.1, 0.15) is 6.29 Å². The highest BCUT2D eigenvalue weighted by atomic mass is 16.1. The van der Waals surface area contributed by atoms with Crippen molar-refractivity contribution in [1.82, 2.24) is 15.6 Å². The van der Waals surface area contributed by atoms with Crippen LogP contribution in [-0.2, 0) is 16.0 Å². The van der Waals surface area contributed by atoms with Gasteiger partial charge in [0.2, 0.25) is 5.91 Å². The lowest BCUT2D eigenvalue weighted by Gasteiger charge is -2.29. The predicted octanol–water partition coefficient (Wildman–Crippen LogP) is 0.375. The lowest BCUT2D eigenvalue weighted by molar-refractivity contribution is -0.124. The molecule has 0 spiro atoms. The smallest absolute Gasteiger partial charge is 0.223 e. The molecule has 1 saturated heterocycles. The van der Waals surface area contributed by atoms with E-state index in [1.807, 2.05) is 12.4 Å². The number of piperazine rings is 1. The SMILES string of the molecule is CNC(=O)C(CCC=O)Cc1cncc(N2CCNCC2)c1. The van der Waals surface area contributed by atoms with E-state index in [-0.39, 0.29) is 11.8 Å². The van der Waals surface area contributed by atoms with Crippen LogP contribution in [0, 0.1) is 5.92 Å². The summed E-state index contributed by atoms with van der Waals surface area (Å²) in [6.45, 7) is 3.89. The van der Waals surface area contributed by atoms with Crippen LogP contribution in [0.3, 0.4) is 0 Å². The molecule has 6 heteroatoms. The van der Waals surface area contributed by atoms with Gasteiger partial charge in [-0.2, -0.15) is 0 Å². The number of amides is 1. The fraction of sp³-hybridized carbons (Fsp3) is 0.562. The Labute approximate surface area is 131 Å². The van der Waals surface area contributed by atoms with Crippen molar-refractivity contribution in [3.63, 3.8) is 0 Å². The van der Waals surface area contributed by atoms with Gasteiger partial charge in [0.05, 0.1) is 11.9 Å². The molecule has 1 aliphatic rings. The molecule has 1 aliphatic heterocycles. The Hall–Kier alpha value is -1.95. The molecule has 0 bridgehead atoms. The molecule has 0 aromatic carbocycles. The number of aldehydes is 1. The molecule has 6 nitrogen and oxygen atoms in total. The molecule has 2 N–H and O–H groups in total. The first-order valence-electron chi connectivity index (χ1n) is 7.79. The van der Waals surface area contributed by atoms with Gasteiger partial charge >= 0.3 is 0 Å². The Morgan fingerprint density at radius 3 is 2.91 bits per heavy atom. The number of carbonyl (C=O) groups is 2. The molecule has 1 unspecified atom stereocenters. The third-order valence-electron chi connectivity index (χ3n) is 3.99. The molecule has 120 valence electrons. The lowest BCUT2D eigenvalue weighted by Crippen LogP contribution is -2.43. The van der Waals surface area contributed by atoms with E-state index in [2.05, 4.69) is 26.6 Å². The van der Waals surface area contributed by atoms with Crippen molar-refractivity contribution in [1.29, 1.82) is 0 Å². The summed E-state index contributed by atoms with van der Waals surface area (Å²) in [5, 5.41) is 6.01. The number of nitrogens with zero attached hydrogens (tertiary/aromatic N) is 2. The first-order chi connectivity index (χ1) is 10.7. The van der Waals surface area contributed by atoms with Gasteiger partial charge < -0.3 is 20.3 Å². The summed E-state index contributed by atoms with van der Waals surface area (Å²) in [4.78, 5) is 29.1. The zero-order valence-electron chi connectivity index (χ0n) is 13.0. The number of nitrogens with one attached hydrogen (secondary N) is 2. The van der Waals surface area contributed by atoms with E-state index in [4.69, 9.17) is 0 Å². The average molecular weight is 304 g/mol. The Morgan fingerprint density at radius 2 is 2.23 bits per heavy atom. The molecule has 22 heavy (non-hydrogen) atoms. The minimum atomic E-state index is -0.185. The molecule has 2 rings (SSSR count). The molecule has 1 aromatic rings. The van der Waals surface area contributed by atoms with Gasteiger partial charge in [-0.15, -0.1) is 0 Å². The summed E-state index contributed by atoms with van der Waals surface area (Å²) in [5.74, 6) is -0.204. The maximum absolute atomic E-state index is 11.9. The molecule has 2 heterocycles. The molecule has 1 fully saturated rings. The van der Waals surface area contributed by atoms with E-state index in [9.17, 15) is 9.59 Å². The van der Waals surface area contributed by atoms with Gasteiger partial charge in [-0.3, -0.25) is 9.78 Å². The quantitative estimate of drug-likeness (QED) is 0.712. The summed E-state index contributed by atoms with van der Waals surface area (Å²) < 4.78 is 0. The highest BCUT2D eigenvalue weighted by Gasteiger charge is 2.18. The fourth-order valence-electron chi connectivity index (χ4n) is 2.77. The minimum Gasteiger partial charge on any atom is -0.368 e. The molecular formula is C16H24N4O2. The molecule has 1 amide bonds. The van der Waals surface area contributed by atoms with E-state index in [1.165, 1.54) is 0 Å². The standard InChI is InChI=1S/C16H24N4O2/c1-17-16(22)14(3-2-8-21)9-13-10-15(12-19-11-13)20-6-4-18-5-7-20/h8,10-12,14,18H,2-7,9H2,1H3,(H,17,22). The van der Waals surface area contributed by atoms with Crippen LogP contribution in [0.1, 0.15) is 18.4 Å².